The van der Waals surface area contributed by atoms with Gasteiger partial charge in [0.15, 0.2) is 0 Å². The van der Waals surface area contributed by atoms with E-state index in [2.05, 4.69) is 0 Å². The first kappa shape index (κ1) is 33.0. The van der Waals surface area contributed by atoms with E-state index in [0.717, 1.165) is 4.74 Å². The zero-order valence-electron chi connectivity index (χ0n) is 14.7. The van der Waals surface area contributed by atoms with Gasteiger partial charge in [-0.1, -0.05) is 0 Å². The molecule has 0 aliphatic rings. The number of carboxylic acid groups (broad SMARTS) is 1. The van der Waals surface area contributed by atoms with E-state index in [4.69, 9.17) is 5.11 Å². The first-order valence-corrected chi connectivity index (χ1v) is 7.05. The van der Waals surface area contributed by atoms with Crippen molar-refractivity contribution in [3.63, 3.8) is 0 Å². The molecule has 0 aromatic rings. The molecular weight excluding hydrogens is 579 g/mol. The SMILES string of the molecule is O=C(O)C(F)(F)C(F)(F)C(F)(F)OC(F)(C(F)(C(F)(F)F)C(F)(F)F)C(F)(C(F)(F)F)C(F)(F)F. The van der Waals surface area contributed by atoms with Gasteiger partial charge in [-0.15, -0.1) is 0 Å². The molecule has 0 spiro atoms. The topological polar surface area (TPSA) is 46.5 Å². The quantitative estimate of drug-likeness (QED) is 0.361. The second kappa shape index (κ2) is 7.98. The summed E-state index contributed by atoms with van der Waals surface area (Å²) in [7, 11) is 0. The predicted octanol–water partition coefficient (Wildman–Crippen LogP) is 6.28. The molecule has 0 fully saturated rings. The average Bonchev–Trinajstić information content (AvgIpc) is 2.54. The Labute approximate surface area is 174 Å². The Hall–Kier alpha value is -2.04. The summed E-state index contributed by atoms with van der Waals surface area (Å²) in [4.78, 5) is 9.93. The molecule has 0 aliphatic carbocycles. The van der Waals surface area contributed by atoms with Crippen molar-refractivity contribution in [2.24, 2.45) is 0 Å². The lowest BCUT2D eigenvalue weighted by Crippen LogP contribution is -2.82. The van der Waals surface area contributed by atoms with Crippen LogP contribution >= 0.6 is 0 Å². The van der Waals surface area contributed by atoms with Gasteiger partial charge in [0, 0.05) is 0 Å². The van der Waals surface area contributed by atoms with Gasteiger partial charge in [-0.3, -0.25) is 4.74 Å². The standard InChI is InChI=1S/C11HF21O3/c12-2(13,1(33)34)5(16,17)11(31,32)35-6(18,3(14,7(19,20)21)8(22,23)24)4(15,9(25,26)27)10(28,29)30/h(H,33,34). The summed E-state index contributed by atoms with van der Waals surface area (Å²) < 4.78 is 274. The van der Waals surface area contributed by atoms with Gasteiger partial charge in [0.25, 0.3) is 0 Å². The molecule has 35 heavy (non-hydrogen) atoms. The average molecular weight is 580 g/mol. The summed E-state index contributed by atoms with van der Waals surface area (Å²) in [6.07, 6.45) is -43.8. The normalized spacial score (nSPS) is 16.5. The molecular formula is C11HF21O3. The number of halogens is 21. The lowest BCUT2D eigenvalue weighted by Gasteiger charge is -2.49. The summed E-state index contributed by atoms with van der Waals surface area (Å²) >= 11 is 0. The molecule has 0 aromatic carbocycles. The van der Waals surface area contributed by atoms with Gasteiger partial charge in [-0.2, -0.15) is 79.0 Å². The van der Waals surface area contributed by atoms with Gasteiger partial charge in [-0.25, -0.2) is 18.0 Å². The number of aliphatic carboxylic acids is 1. The van der Waals surface area contributed by atoms with Crippen molar-refractivity contribution in [3.8, 4) is 0 Å². The van der Waals surface area contributed by atoms with Gasteiger partial charge in [-0.05, 0) is 0 Å². The molecule has 0 heterocycles. The molecule has 24 heteroatoms. The fourth-order valence-electron chi connectivity index (χ4n) is 1.99. The maximum absolute atomic E-state index is 14.4. The minimum absolute atomic E-state index is 0.840. The minimum Gasteiger partial charge on any atom is -0.477 e. The van der Waals surface area contributed by atoms with Crippen molar-refractivity contribution in [1.82, 2.24) is 0 Å². The second-order valence-corrected chi connectivity index (χ2v) is 5.98. The molecule has 0 radical (unpaired) electrons. The van der Waals surface area contributed by atoms with E-state index in [-0.39, 0.29) is 0 Å². The molecule has 3 nitrogen and oxygen atoms in total. The highest BCUT2D eigenvalue weighted by molar-refractivity contribution is 5.77. The van der Waals surface area contributed by atoms with Crippen LogP contribution < -0.4 is 0 Å². The summed E-state index contributed by atoms with van der Waals surface area (Å²) in [5.74, 6) is -30.1. The Kier molecular flexibility index (Phi) is 7.51. The third kappa shape index (κ3) is 4.27. The van der Waals surface area contributed by atoms with Crippen molar-refractivity contribution in [2.45, 2.75) is 59.9 Å². The maximum atomic E-state index is 14.4. The van der Waals surface area contributed by atoms with Crippen molar-refractivity contribution in [1.29, 1.82) is 0 Å². The minimum atomic E-state index is -9.55. The Morgan fingerprint density at radius 2 is 0.714 bits per heavy atom. The second-order valence-electron chi connectivity index (χ2n) is 5.98. The molecule has 0 aromatic heterocycles. The summed E-state index contributed by atoms with van der Waals surface area (Å²) in [5.41, 5.74) is -18.7. The van der Waals surface area contributed by atoms with E-state index in [9.17, 15) is 97.0 Å². The van der Waals surface area contributed by atoms with E-state index in [1.165, 1.54) is 0 Å². The smallest absolute Gasteiger partial charge is 0.437 e. The van der Waals surface area contributed by atoms with Crippen LogP contribution in [0.2, 0.25) is 0 Å². The highest BCUT2D eigenvalue weighted by atomic mass is 19.4. The number of hydrogen-bond acceptors (Lipinski definition) is 2. The number of carbonyl (C=O) groups is 1. The third-order valence-electron chi connectivity index (χ3n) is 3.75. The number of ether oxygens (including phenoxy) is 1. The number of alkyl halides is 21. The first-order chi connectivity index (χ1) is 14.7. The van der Waals surface area contributed by atoms with Crippen LogP contribution in [0.1, 0.15) is 0 Å². The van der Waals surface area contributed by atoms with Crippen LogP contribution in [0.15, 0.2) is 0 Å². The molecule has 210 valence electrons. The first-order valence-electron chi connectivity index (χ1n) is 7.05. The molecule has 0 bridgehead atoms. The predicted molar refractivity (Wildman–Crippen MR) is 59.3 cm³/mol. The summed E-state index contributed by atoms with van der Waals surface area (Å²) in [5, 5.41) is 7.69. The van der Waals surface area contributed by atoms with Gasteiger partial charge in [0.05, 0.1) is 0 Å². The maximum Gasteiger partial charge on any atom is 0.437 e. The highest BCUT2D eigenvalue weighted by Crippen LogP contribution is 2.67. The molecule has 0 atom stereocenters. The van der Waals surface area contributed by atoms with Gasteiger partial charge in [0.2, 0.25) is 0 Å². The van der Waals surface area contributed by atoms with E-state index < -0.39 is 65.8 Å². The van der Waals surface area contributed by atoms with Crippen LogP contribution in [0.5, 0.6) is 0 Å². The van der Waals surface area contributed by atoms with Crippen LogP contribution in [0, 0.1) is 0 Å². The van der Waals surface area contributed by atoms with Crippen LogP contribution in [-0.4, -0.2) is 70.9 Å². The van der Waals surface area contributed by atoms with Crippen LogP contribution in [-0.2, 0) is 9.53 Å². The number of rotatable bonds is 7. The molecule has 0 aliphatic heterocycles. The van der Waals surface area contributed by atoms with Crippen LogP contribution in [0.25, 0.3) is 0 Å². The van der Waals surface area contributed by atoms with Crippen molar-refractivity contribution in [3.05, 3.63) is 0 Å². The lowest BCUT2D eigenvalue weighted by molar-refractivity contribution is -0.537. The van der Waals surface area contributed by atoms with Gasteiger partial charge in [0.1, 0.15) is 0 Å². The molecule has 0 saturated heterocycles. The highest BCUT2D eigenvalue weighted by Gasteiger charge is 2.99. The van der Waals surface area contributed by atoms with Crippen molar-refractivity contribution < 1.29 is 107 Å². The van der Waals surface area contributed by atoms with Gasteiger partial charge < -0.3 is 5.11 Å². The molecule has 0 amide bonds. The van der Waals surface area contributed by atoms with Gasteiger partial charge >= 0.3 is 65.8 Å². The Morgan fingerprint density at radius 3 is 0.886 bits per heavy atom. The van der Waals surface area contributed by atoms with E-state index in [1.54, 1.807) is 0 Å². The monoisotopic (exact) mass is 580 g/mol. The Balaban J connectivity index is 8.00. The molecule has 0 saturated carbocycles. The third-order valence-corrected chi connectivity index (χ3v) is 3.75. The summed E-state index contributed by atoms with van der Waals surface area (Å²) in [6.45, 7) is 0. The fraction of sp³-hybridized carbons (Fsp3) is 0.909. The zero-order chi connectivity index (χ0) is 29.3. The van der Waals surface area contributed by atoms with Crippen LogP contribution in [0.4, 0.5) is 92.2 Å². The zero-order valence-corrected chi connectivity index (χ0v) is 14.7. The molecule has 0 rings (SSSR count). The Morgan fingerprint density at radius 1 is 0.486 bits per heavy atom. The van der Waals surface area contributed by atoms with E-state index in [1.807, 2.05) is 0 Å². The fourth-order valence-corrected chi connectivity index (χ4v) is 1.99. The van der Waals surface area contributed by atoms with Crippen molar-refractivity contribution >= 4 is 5.97 Å². The van der Waals surface area contributed by atoms with Crippen LogP contribution in [0.3, 0.4) is 0 Å². The number of carboxylic acids is 1. The lowest BCUT2D eigenvalue weighted by atomic mass is 9.80. The van der Waals surface area contributed by atoms with E-state index >= 15 is 0 Å². The largest absolute Gasteiger partial charge is 0.477 e. The molecule has 1 N–H and O–H groups in total. The van der Waals surface area contributed by atoms with Crippen molar-refractivity contribution in [2.75, 3.05) is 0 Å². The number of hydrogen-bond donors (Lipinski definition) is 1. The van der Waals surface area contributed by atoms with E-state index in [0.29, 0.717) is 0 Å². The Bertz CT molecular complexity index is 731. The molecule has 0 unspecified atom stereocenters. The summed E-state index contributed by atoms with van der Waals surface area (Å²) in [6, 6.07) is 0.